The van der Waals surface area contributed by atoms with Crippen molar-refractivity contribution in [3.05, 3.63) is 47.5 Å². The van der Waals surface area contributed by atoms with Crippen molar-refractivity contribution in [3.63, 3.8) is 0 Å². The number of rotatable bonds is 1. The van der Waals surface area contributed by atoms with Gasteiger partial charge in [0.1, 0.15) is 11.0 Å². The van der Waals surface area contributed by atoms with Crippen molar-refractivity contribution in [3.8, 4) is 0 Å². The number of nitrogens with one attached hydrogen (secondary N) is 1. The van der Waals surface area contributed by atoms with Gasteiger partial charge in [-0.05, 0) is 44.1 Å². The number of imide groups is 1. The van der Waals surface area contributed by atoms with Gasteiger partial charge in [0.2, 0.25) is 11.8 Å². The number of allylic oxidation sites excluding steroid dienone is 1. The molecule has 0 radical (unpaired) electrons. The van der Waals surface area contributed by atoms with Gasteiger partial charge in [0.15, 0.2) is 11.6 Å². The van der Waals surface area contributed by atoms with Crippen molar-refractivity contribution in [2.24, 2.45) is 40.9 Å². The number of amides is 2. The molecule has 36 heavy (non-hydrogen) atoms. The van der Waals surface area contributed by atoms with Crippen LogP contribution in [0.5, 0.6) is 0 Å². The highest BCUT2D eigenvalue weighted by molar-refractivity contribution is 6.19. The molecule has 3 N–H and O–H groups in total. The first-order valence-corrected chi connectivity index (χ1v) is 13.1. The van der Waals surface area contributed by atoms with Crippen LogP contribution in [0.15, 0.2) is 42.0 Å². The van der Waals surface area contributed by atoms with Gasteiger partial charge in [0.25, 0.3) is 0 Å². The number of Topliss-reactive ketones (excluding diaryl/α,β-unsaturated/α-hetero) is 1. The van der Waals surface area contributed by atoms with Crippen molar-refractivity contribution in [2.45, 2.75) is 70.4 Å². The Morgan fingerprint density at radius 2 is 1.72 bits per heavy atom. The summed E-state index contributed by atoms with van der Waals surface area (Å²) < 4.78 is 6.38. The van der Waals surface area contributed by atoms with Crippen molar-refractivity contribution < 1.29 is 29.3 Å². The first-order chi connectivity index (χ1) is 16.8. The van der Waals surface area contributed by atoms with Crippen molar-refractivity contribution in [1.29, 1.82) is 0 Å². The highest BCUT2D eigenvalue weighted by Crippen LogP contribution is 2.72. The second kappa shape index (κ2) is 7.15. The highest BCUT2D eigenvalue weighted by atomic mass is 16.7. The molecule has 2 aliphatic carbocycles. The van der Waals surface area contributed by atoms with Gasteiger partial charge in [-0.15, -0.1) is 0 Å². The number of benzene rings is 1. The molecule has 1 spiro atoms. The van der Waals surface area contributed by atoms with Crippen LogP contribution in [0.3, 0.4) is 0 Å². The standard InChI is InChI=1S/C29H35NO6/c1-14-11-16(3)29(35)21-22(26(5,12-14)36-29)27(34)13-15(2)17(4)20-19(18-9-7-6-8-10-18)24(32)30-25(33)28(20,27)23(21)31/h6-10,13-14,16-17,19-22,34-35H,11-12H2,1-5H3,(H,30,32,33)/t14-,16+,17-,19+,20+,21-,22-,26+,27-,28+,29-/m1/s1. The van der Waals surface area contributed by atoms with E-state index in [-0.39, 0.29) is 17.8 Å². The third-order valence-corrected chi connectivity index (χ3v) is 10.4. The number of ketones is 1. The van der Waals surface area contributed by atoms with Crippen LogP contribution in [0.2, 0.25) is 0 Å². The molecule has 0 unspecified atom stereocenters. The van der Waals surface area contributed by atoms with E-state index in [1.54, 1.807) is 6.08 Å². The molecule has 3 aliphatic heterocycles. The summed E-state index contributed by atoms with van der Waals surface area (Å²) in [5, 5.41) is 27.3. The van der Waals surface area contributed by atoms with Gasteiger partial charge in [-0.2, -0.15) is 0 Å². The maximum atomic E-state index is 14.8. The normalized spacial score (nSPS) is 51.6. The van der Waals surface area contributed by atoms with Crippen LogP contribution in [0.4, 0.5) is 0 Å². The predicted octanol–water partition coefficient (Wildman–Crippen LogP) is 2.71. The van der Waals surface area contributed by atoms with Crippen LogP contribution in [0.1, 0.15) is 58.9 Å². The molecule has 3 heterocycles. The Hall–Kier alpha value is -2.35. The van der Waals surface area contributed by atoms with Crippen LogP contribution in [-0.4, -0.2) is 44.8 Å². The summed E-state index contributed by atoms with van der Waals surface area (Å²) >= 11 is 0. The lowest BCUT2D eigenvalue weighted by atomic mass is 9.48. The van der Waals surface area contributed by atoms with E-state index in [9.17, 15) is 24.6 Å². The number of hydrogen-bond acceptors (Lipinski definition) is 6. The van der Waals surface area contributed by atoms with Crippen molar-refractivity contribution in [1.82, 2.24) is 5.32 Å². The topological polar surface area (TPSA) is 113 Å². The van der Waals surface area contributed by atoms with E-state index in [4.69, 9.17) is 4.74 Å². The minimum absolute atomic E-state index is 0.192. The first kappa shape index (κ1) is 24.0. The number of carbonyl (C=O) groups is 3. The van der Waals surface area contributed by atoms with Crippen molar-refractivity contribution >= 4 is 17.6 Å². The van der Waals surface area contributed by atoms with E-state index in [1.807, 2.05) is 58.0 Å². The maximum Gasteiger partial charge on any atom is 0.243 e. The molecular formula is C29H35NO6. The number of hydrogen-bond donors (Lipinski definition) is 3. The molecule has 2 amide bonds. The summed E-state index contributed by atoms with van der Waals surface area (Å²) in [6, 6.07) is 9.16. The molecule has 7 heteroatoms. The van der Waals surface area contributed by atoms with E-state index in [0.29, 0.717) is 18.4 Å². The number of piperidine rings is 1. The van der Waals surface area contributed by atoms with Gasteiger partial charge >= 0.3 is 0 Å². The average molecular weight is 494 g/mol. The fourth-order valence-corrected chi connectivity index (χ4v) is 9.19. The zero-order chi connectivity index (χ0) is 26.0. The fraction of sp³-hybridized carbons (Fsp3) is 0.621. The molecule has 11 atom stereocenters. The lowest BCUT2D eigenvalue weighted by Crippen LogP contribution is -2.72. The van der Waals surface area contributed by atoms with Crippen molar-refractivity contribution in [2.75, 3.05) is 0 Å². The fourth-order valence-electron chi connectivity index (χ4n) is 9.19. The summed E-state index contributed by atoms with van der Waals surface area (Å²) in [5.74, 6) is -7.54. The van der Waals surface area contributed by atoms with Gasteiger partial charge in [-0.25, -0.2) is 0 Å². The Morgan fingerprint density at radius 3 is 2.39 bits per heavy atom. The molecule has 0 aromatic heterocycles. The Kier molecular flexibility index (Phi) is 4.77. The van der Waals surface area contributed by atoms with Crippen LogP contribution >= 0.6 is 0 Å². The Bertz CT molecular complexity index is 1210. The van der Waals surface area contributed by atoms with Crippen LogP contribution in [0, 0.1) is 40.9 Å². The molecule has 4 fully saturated rings. The Balaban J connectivity index is 1.65. The summed E-state index contributed by atoms with van der Waals surface area (Å²) in [6.07, 6.45) is 2.89. The summed E-state index contributed by atoms with van der Waals surface area (Å²) in [5.41, 5.74) is -3.33. The lowest BCUT2D eigenvalue weighted by molar-refractivity contribution is -0.259. The van der Waals surface area contributed by atoms with E-state index in [0.717, 1.165) is 5.57 Å². The smallest absolute Gasteiger partial charge is 0.243 e. The SMILES string of the molecule is CC1=C[C@@]2(O)[C@@H]3[C@H](C(=O)[C@@]24C(=O)NC(=O)[C@@H](c2ccccc2)[C@@H]4[C@@H]1C)[C@]1(O)O[C@@]3(C)C[C@H](C)C[C@@H]1C. The zero-order valence-electron chi connectivity index (χ0n) is 21.4. The Labute approximate surface area is 211 Å². The molecule has 1 aromatic carbocycles. The van der Waals surface area contributed by atoms with E-state index in [1.165, 1.54) is 0 Å². The third kappa shape index (κ3) is 2.52. The lowest BCUT2D eigenvalue weighted by Gasteiger charge is -2.56. The van der Waals surface area contributed by atoms with Gasteiger partial charge < -0.3 is 14.9 Å². The van der Waals surface area contributed by atoms with Gasteiger partial charge in [0.05, 0.1) is 17.4 Å². The molecular weight excluding hydrogens is 458 g/mol. The minimum atomic E-state index is -1.91. The molecule has 6 rings (SSSR count). The zero-order valence-corrected chi connectivity index (χ0v) is 21.4. The molecule has 7 nitrogen and oxygen atoms in total. The summed E-state index contributed by atoms with van der Waals surface area (Å²) in [7, 11) is 0. The molecule has 1 aromatic rings. The van der Waals surface area contributed by atoms with Crippen LogP contribution < -0.4 is 5.32 Å². The number of ether oxygens (including phenoxy) is 1. The van der Waals surface area contributed by atoms with E-state index in [2.05, 4.69) is 12.2 Å². The maximum absolute atomic E-state index is 14.8. The largest absolute Gasteiger partial charge is 0.384 e. The van der Waals surface area contributed by atoms with Gasteiger partial charge in [-0.3, -0.25) is 19.7 Å². The molecule has 1 saturated carbocycles. The molecule has 3 saturated heterocycles. The number of fused-ring (bicyclic) bond motifs is 6. The Morgan fingerprint density at radius 1 is 1.06 bits per heavy atom. The van der Waals surface area contributed by atoms with E-state index < -0.39 is 63.7 Å². The van der Waals surface area contributed by atoms with Crippen LogP contribution in [0.25, 0.3) is 0 Å². The molecule has 192 valence electrons. The van der Waals surface area contributed by atoms with Gasteiger partial charge in [0, 0.05) is 17.8 Å². The number of carbonyl (C=O) groups excluding carboxylic acids is 3. The second-order valence-corrected chi connectivity index (χ2v) is 12.5. The molecule has 5 aliphatic rings. The first-order valence-electron chi connectivity index (χ1n) is 13.1. The predicted molar refractivity (Wildman–Crippen MR) is 130 cm³/mol. The van der Waals surface area contributed by atoms with Crippen LogP contribution in [-0.2, 0) is 19.1 Å². The average Bonchev–Trinajstić information content (AvgIpc) is 3.13. The summed E-state index contributed by atoms with van der Waals surface area (Å²) in [4.78, 5) is 42.2. The second-order valence-electron chi connectivity index (χ2n) is 12.5. The summed E-state index contributed by atoms with van der Waals surface area (Å²) in [6.45, 7) is 9.63. The molecule has 2 bridgehead atoms. The quantitative estimate of drug-likeness (QED) is 0.315. The van der Waals surface area contributed by atoms with Gasteiger partial charge in [-0.1, -0.05) is 62.8 Å². The minimum Gasteiger partial charge on any atom is -0.384 e. The van der Waals surface area contributed by atoms with E-state index >= 15 is 0 Å². The third-order valence-electron chi connectivity index (χ3n) is 10.4. The highest BCUT2D eigenvalue weighted by Gasteiger charge is 2.86. The monoisotopic (exact) mass is 493 g/mol. The number of aliphatic hydroxyl groups is 2.